The predicted molar refractivity (Wildman–Crippen MR) is 77.6 cm³/mol. The fraction of sp³-hybridized carbons (Fsp3) is 0.938. The number of carbonyl (C=O) groups excluding carboxylic acids is 1. The number of carbonyl (C=O) groups is 1. The highest BCUT2D eigenvalue weighted by Gasteiger charge is 2.03. The highest BCUT2D eigenvalue weighted by atomic mass is 16.5. The van der Waals surface area contributed by atoms with Crippen LogP contribution >= 0.6 is 0 Å². The molecule has 0 aromatic heterocycles. The number of ether oxygens (including phenoxy) is 1. The maximum atomic E-state index is 10.9. The van der Waals surface area contributed by atoms with Crippen LogP contribution in [0.25, 0.3) is 0 Å². The first-order valence-electron chi connectivity index (χ1n) is 7.77. The zero-order valence-corrected chi connectivity index (χ0v) is 12.7. The highest BCUT2D eigenvalue weighted by Crippen LogP contribution is 2.17. The van der Waals surface area contributed by atoms with Gasteiger partial charge in [0.1, 0.15) is 0 Å². The molecule has 0 rings (SSSR count). The van der Waals surface area contributed by atoms with Crippen LogP contribution < -0.4 is 0 Å². The summed E-state index contributed by atoms with van der Waals surface area (Å²) >= 11 is 0. The molecule has 18 heavy (non-hydrogen) atoms. The van der Waals surface area contributed by atoms with Gasteiger partial charge in [0.25, 0.3) is 0 Å². The van der Waals surface area contributed by atoms with Gasteiger partial charge < -0.3 is 4.74 Å². The van der Waals surface area contributed by atoms with Crippen molar-refractivity contribution in [2.24, 2.45) is 5.92 Å². The van der Waals surface area contributed by atoms with Crippen LogP contribution in [0.15, 0.2) is 0 Å². The summed E-state index contributed by atoms with van der Waals surface area (Å²) in [4.78, 5) is 10.9. The van der Waals surface area contributed by atoms with Crippen molar-refractivity contribution < 1.29 is 9.53 Å². The predicted octanol–water partition coefficient (Wildman–Crippen LogP) is 5.11. The van der Waals surface area contributed by atoms with E-state index in [1.54, 1.807) is 0 Å². The first kappa shape index (κ1) is 17.5. The van der Waals surface area contributed by atoms with E-state index in [1.165, 1.54) is 58.5 Å². The zero-order valence-electron chi connectivity index (χ0n) is 12.7. The molecule has 0 amide bonds. The van der Waals surface area contributed by atoms with Gasteiger partial charge in [-0.15, -0.1) is 0 Å². The van der Waals surface area contributed by atoms with Crippen molar-refractivity contribution in [3.05, 3.63) is 0 Å². The largest absolute Gasteiger partial charge is 0.469 e. The lowest BCUT2D eigenvalue weighted by molar-refractivity contribution is -0.140. The third-order valence-electron chi connectivity index (χ3n) is 3.61. The van der Waals surface area contributed by atoms with Crippen molar-refractivity contribution in [1.82, 2.24) is 0 Å². The molecule has 0 aliphatic carbocycles. The van der Waals surface area contributed by atoms with Gasteiger partial charge in [0.15, 0.2) is 0 Å². The van der Waals surface area contributed by atoms with Gasteiger partial charge in [0.05, 0.1) is 7.11 Å². The molecular weight excluding hydrogens is 224 g/mol. The lowest BCUT2D eigenvalue weighted by atomic mass is 9.96. The van der Waals surface area contributed by atoms with Crippen LogP contribution in [0.1, 0.15) is 84.5 Å². The van der Waals surface area contributed by atoms with Gasteiger partial charge in [-0.25, -0.2) is 0 Å². The van der Waals surface area contributed by atoms with E-state index in [0.29, 0.717) is 6.42 Å². The van der Waals surface area contributed by atoms with Crippen molar-refractivity contribution in [2.75, 3.05) is 7.11 Å². The zero-order chi connectivity index (χ0) is 13.6. The Hall–Kier alpha value is -0.530. The number of esters is 1. The first-order valence-corrected chi connectivity index (χ1v) is 7.77. The van der Waals surface area contributed by atoms with Crippen molar-refractivity contribution in [2.45, 2.75) is 84.5 Å². The molecule has 2 heteroatoms. The Morgan fingerprint density at radius 3 is 2.06 bits per heavy atom. The maximum Gasteiger partial charge on any atom is 0.305 e. The number of unbranched alkanes of at least 4 members (excludes halogenated alkanes) is 6. The molecular formula is C16H32O2. The summed E-state index contributed by atoms with van der Waals surface area (Å²) in [5.74, 6) is 0.807. The van der Waals surface area contributed by atoms with E-state index >= 15 is 0 Å². The Morgan fingerprint density at radius 2 is 1.50 bits per heavy atom. The Morgan fingerprint density at radius 1 is 0.944 bits per heavy atom. The van der Waals surface area contributed by atoms with Crippen LogP contribution in [0.3, 0.4) is 0 Å². The number of hydrogen-bond donors (Lipinski definition) is 0. The van der Waals surface area contributed by atoms with E-state index in [4.69, 9.17) is 0 Å². The van der Waals surface area contributed by atoms with Crippen molar-refractivity contribution in [3.8, 4) is 0 Å². The van der Waals surface area contributed by atoms with E-state index in [-0.39, 0.29) is 5.97 Å². The van der Waals surface area contributed by atoms with E-state index in [2.05, 4.69) is 18.6 Å². The highest BCUT2D eigenvalue weighted by molar-refractivity contribution is 5.68. The molecule has 1 unspecified atom stereocenters. The average Bonchev–Trinajstić information content (AvgIpc) is 2.38. The molecule has 0 saturated heterocycles. The van der Waals surface area contributed by atoms with E-state index < -0.39 is 0 Å². The quantitative estimate of drug-likeness (QED) is 0.358. The van der Waals surface area contributed by atoms with Crippen molar-refractivity contribution in [1.29, 1.82) is 0 Å². The second-order valence-electron chi connectivity index (χ2n) is 5.48. The van der Waals surface area contributed by atoms with E-state index in [9.17, 15) is 4.79 Å². The second kappa shape index (κ2) is 12.9. The van der Waals surface area contributed by atoms with Crippen LogP contribution in [-0.2, 0) is 9.53 Å². The summed E-state index contributed by atoms with van der Waals surface area (Å²) in [6.07, 6.45) is 13.6. The molecule has 108 valence electrons. The SMILES string of the molecule is CCCCCCC(C)CCCCCCC(=O)OC. The smallest absolute Gasteiger partial charge is 0.305 e. The molecule has 0 aromatic rings. The summed E-state index contributed by atoms with van der Waals surface area (Å²) in [6.45, 7) is 4.64. The summed E-state index contributed by atoms with van der Waals surface area (Å²) in [6, 6.07) is 0. The van der Waals surface area contributed by atoms with Crippen molar-refractivity contribution in [3.63, 3.8) is 0 Å². The Kier molecular flexibility index (Phi) is 12.5. The molecule has 0 aromatic carbocycles. The molecule has 0 radical (unpaired) electrons. The third kappa shape index (κ3) is 11.9. The maximum absolute atomic E-state index is 10.9. The topological polar surface area (TPSA) is 26.3 Å². The van der Waals surface area contributed by atoms with Gasteiger partial charge in [0.2, 0.25) is 0 Å². The number of rotatable bonds is 12. The lowest BCUT2D eigenvalue weighted by Gasteiger charge is -2.10. The number of hydrogen-bond acceptors (Lipinski definition) is 2. The Bertz CT molecular complexity index is 190. The Balaban J connectivity index is 3.19. The minimum Gasteiger partial charge on any atom is -0.469 e. The molecule has 0 aliphatic rings. The lowest BCUT2D eigenvalue weighted by Crippen LogP contribution is -1.99. The fourth-order valence-electron chi connectivity index (χ4n) is 2.28. The van der Waals surface area contributed by atoms with Crippen molar-refractivity contribution >= 4 is 5.97 Å². The third-order valence-corrected chi connectivity index (χ3v) is 3.61. The summed E-state index contributed by atoms with van der Waals surface area (Å²) < 4.78 is 4.62. The average molecular weight is 256 g/mol. The molecule has 0 N–H and O–H groups in total. The van der Waals surface area contributed by atoms with Crippen LogP contribution in [0.5, 0.6) is 0 Å². The molecule has 0 spiro atoms. The second-order valence-corrected chi connectivity index (χ2v) is 5.48. The molecule has 0 bridgehead atoms. The van der Waals surface area contributed by atoms with E-state index in [1.807, 2.05) is 0 Å². The molecule has 0 saturated carbocycles. The molecule has 1 atom stereocenters. The number of methoxy groups -OCH3 is 1. The molecule has 0 aliphatic heterocycles. The summed E-state index contributed by atoms with van der Waals surface area (Å²) in [5.41, 5.74) is 0. The normalized spacial score (nSPS) is 12.4. The van der Waals surface area contributed by atoms with Gasteiger partial charge in [-0.3, -0.25) is 4.79 Å². The van der Waals surface area contributed by atoms with Crippen LogP contribution in [0.4, 0.5) is 0 Å². The summed E-state index contributed by atoms with van der Waals surface area (Å²) in [7, 11) is 1.46. The fourth-order valence-corrected chi connectivity index (χ4v) is 2.28. The van der Waals surface area contributed by atoms with Gasteiger partial charge in [-0.2, -0.15) is 0 Å². The minimum absolute atomic E-state index is 0.0701. The molecule has 0 fully saturated rings. The Labute approximate surface area is 113 Å². The van der Waals surface area contributed by atoms with Crippen LogP contribution in [0, 0.1) is 5.92 Å². The minimum atomic E-state index is -0.0701. The van der Waals surface area contributed by atoms with Crippen LogP contribution in [0.2, 0.25) is 0 Å². The summed E-state index contributed by atoms with van der Waals surface area (Å²) in [5, 5.41) is 0. The van der Waals surface area contributed by atoms with Gasteiger partial charge in [-0.1, -0.05) is 71.6 Å². The molecule has 0 heterocycles. The van der Waals surface area contributed by atoms with E-state index in [0.717, 1.165) is 18.8 Å². The van der Waals surface area contributed by atoms with Gasteiger partial charge >= 0.3 is 5.97 Å². The monoisotopic (exact) mass is 256 g/mol. The first-order chi connectivity index (χ1) is 8.70. The van der Waals surface area contributed by atoms with Gasteiger partial charge in [-0.05, 0) is 12.3 Å². The standard InChI is InChI=1S/C16H32O2/c1-4-5-6-9-12-15(2)13-10-7-8-11-14-16(17)18-3/h15H,4-14H2,1-3H3. The van der Waals surface area contributed by atoms with Gasteiger partial charge in [0, 0.05) is 6.42 Å². The van der Waals surface area contributed by atoms with Crippen LogP contribution in [-0.4, -0.2) is 13.1 Å². The molecule has 2 nitrogen and oxygen atoms in total.